The standard InChI is InChI=1S/C20H26O7/c1-9-8-24-13-12(9)19-15(23)25-10-5-6-17(18(10,19)14(13)22)7-11(21)26-20(17,27-19)16(2,3)4/h9-10,12-14,22H,5-8H2,1-4H3/t9-,10?,12?,13?,14+,17?,18?,19?,20+/m1/s1. The van der Waals surface area contributed by atoms with E-state index in [4.69, 9.17) is 18.9 Å². The molecule has 0 aromatic rings. The Morgan fingerprint density at radius 3 is 2.67 bits per heavy atom. The average molecular weight is 378 g/mol. The van der Waals surface area contributed by atoms with Crippen molar-refractivity contribution < 1.29 is 33.6 Å². The van der Waals surface area contributed by atoms with Crippen molar-refractivity contribution in [2.75, 3.05) is 6.61 Å². The maximum absolute atomic E-state index is 13.4. The molecule has 4 aliphatic heterocycles. The van der Waals surface area contributed by atoms with Crippen molar-refractivity contribution in [3.05, 3.63) is 0 Å². The van der Waals surface area contributed by atoms with Gasteiger partial charge in [-0.2, -0.15) is 0 Å². The van der Waals surface area contributed by atoms with E-state index in [0.717, 1.165) is 0 Å². The van der Waals surface area contributed by atoms with Crippen LogP contribution < -0.4 is 0 Å². The SMILES string of the molecule is C[C@@H]1COC2C1C13O[C@]4(C(C)(C)C)OC(=O)CC45CCC(OC1=O)C35[C@H]2O. The summed E-state index contributed by atoms with van der Waals surface area (Å²) in [4.78, 5) is 26.0. The lowest BCUT2D eigenvalue weighted by molar-refractivity contribution is -0.303. The molecule has 0 bridgehead atoms. The predicted molar refractivity (Wildman–Crippen MR) is 89.1 cm³/mol. The van der Waals surface area contributed by atoms with E-state index in [9.17, 15) is 14.7 Å². The lowest BCUT2D eigenvalue weighted by Crippen LogP contribution is -2.60. The monoisotopic (exact) mass is 378 g/mol. The molecule has 6 fully saturated rings. The molecule has 27 heavy (non-hydrogen) atoms. The van der Waals surface area contributed by atoms with E-state index >= 15 is 0 Å². The second-order valence-electron chi connectivity index (χ2n) is 10.5. The number of carbonyl (C=O) groups is 2. The number of aliphatic hydroxyl groups excluding tert-OH is 1. The minimum Gasteiger partial charge on any atom is -0.459 e. The molecule has 1 N–H and O–H groups in total. The van der Waals surface area contributed by atoms with E-state index in [0.29, 0.717) is 19.4 Å². The number of hydrogen-bond acceptors (Lipinski definition) is 7. The van der Waals surface area contributed by atoms with Gasteiger partial charge in [0.2, 0.25) is 5.79 Å². The van der Waals surface area contributed by atoms with E-state index in [1.807, 2.05) is 27.7 Å². The minimum absolute atomic E-state index is 0.0412. The highest BCUT2D eigenvalue weighted by atomic mass is 16.8. The first-order valence-electron chi connectivity index (χ1n) is 10.0. The molecule has 0 radical (unpaired) electrons. The van der Waals surface area contributed by atoms with Crippen LogP contribution in [0.1, 0.15) is 47.0 Å². The summed E-state index contributed by atoms with van der Waals surface area (Å²) in [6, 6.07) is 0. The zero-order chi connectivity index (χ0) is 19.2. The first-order chi connectivity index (χ1) is 12.6. The number of carbonyl (C=O) groups excluding carboxylic acids is 2. The molecular weight excluding hydrogens is 352 g/mol. The molecule has 2 aliphatic carbocycles. The van der Waals surface area contributed by atoms with E-state index in [2.05, 4.69) is 0 Å². The maximum Gasteiger partial charge on any atom is 0.340 e. The van der Waals surface area contributed by atoms with Crippen LogP contribution in [0.25, 0.3) is 0 Å². The lowest BCUT2D eigenvalue weighted by Gasteiger charge is -2.48. The molecule has 148 valence electrons. The number of rotatable bonds is 0. The van der Waals surface area contributed by atoms with Gasteiger partial charge in [0.1, 0.15) is 6.10 Å². The van der Waals surface area contributed by atoms with Crippen molar-refractivity contribution in [3.63, 3.8) is 0 Å². The zero-order valence-electron chi connectivity index (χ0n) is 16.1. The van der Waals surface area contributed by atoms with E-state index in [1.165, 1.54) is 0 Å². The molecule has 9 atom stereocenters. The topological polar surface area (TPSA) is 91.3 Å². The summed E-state index contributed by atoms with van der Waals surface area (Å²) in [6.07, 6.45) is -0.495. The third-order valence-corrected chi connectivity index (χ3v) is 8.69. The highest BCUT2D eigenvalue weighted by molar-refractivity contribution is 5.89. The van der Waals surface area contributed by atoms with Gasteiger partial charge in [0.15, 0.2) is 5.60 Å². The van der Waals surface area contributed by atoms with Crippen molar-refractivity contribution >= 4 is 11.9 Å². The summed E-state index contributed by atoms with van der Waals surface area (Å²) in [5, 5.41) is 11.6. The molecule has 4 saturated heterocycles. The molecule has 0 aromatic carbocycles. The van der Waals surface area contributed by atoms with Gasteiger partial charge in [-0.25, -0.2) is 4.79 Å². The van der Waals surface area contributed by atoms with Crippen LogP contribution in [0.5, 0.6) is 0 Å². The fraction of sp³-hybridized carbons (Fsp3) is 0.900. The number of esters is 2. The summed E-state index contributed by atoms with van der Waals surface area (Å²) < 4.78 is 24.6. The maximum atomic E-state index is 13.4. The van der Waals surface area contributed by atoms with Crippen molar-refractivity contribution in [1.82, 2.24) is 0 Å². The van der Waals surface area contributed by atoms with Crippen molar-refractivity contribution in [2.45, 2.75) is 76.7 Å². The van der Waals surface area contributed by atoms with Gasteiger partial charge < -0.3 is 24.1 Å². The van der Waals surface area contributed by atoms with Crippen LogP contribution in [-0.2, 0) is 28.5 Å². The Kier molecular flexibility index (Phi) is 2.61. The number of fused-ring (bicyclic) bond motifs is 1. The van der Waals surface area contributed by atoms with Gasteiger partial charge in [-0.05, 0) is 18.8 Å². The first kappa shape index (κ1) is 16.7. The molecule has 2 spiro atoms. The van der Waals surface area contributed by atoms with Gasteiger partial charge in [0.25, 0.3) is 0 Å². The van der Waals surface area contributed by atoms with Gasteiger partial charge in [-0.3, -0.25) is 4.79 Å². The second kappa shape index (κ2) is 4.21. The molecule has 0 aromatic heterocycles. The van der Waals surface area contributed by atoms with E-state index in [1.54, 1.807) is 0 Å². The van der Waals surface area contributed by atoms with Crippen LogP contribution in [0.3, 0.4) is 0 Å². The molecule has 6 aliphatic rings. The van der Waals surface area contributed by atoms with Crippen LogP contribution in [-0.4, -0.2) is 53.4 Å². The Labute approximate surface area is 157 Å². The largest absolute Gasteiger partial charge is 0.459 e. The second-order valence-corrected chi connectivity index (χ2v) is 10.5. The van der Waals surface area contributed by atoms with E-state index in [-0.39, 0.29) is 24.2 Å². The van der Waals surface area contributed by atoms with Crippen LogP contribution >= 0.6 is 0 Å². The molecule has 7 heteroatoms. The summed E-state index contributed by atoms with van der Waals surface area (Å²) in [7, 11) is 0. The Hall–Kier alpha value is -1.18. The molecule has 4 heterocycles. The molecular formula is C20H26O7. The Morgan fingerprint density at radius 1 is 1.22 bits per heavy atom. The quantitative estimate of drug-likeness (QED) is 0.633. The zero-order valence-corrected chi connectivity index (χ0v) is 16.1. The molecule has 6 rings (SSSR count). The molecule has 0 amide bonds. The molecule has 2 saturated carbocycles. The average Bonchev–Trinajstić information content (AvgIpc) is 3.29. The normalized spacial score (nSPS) is 60.1. The van der Waals surface area contributed by atoms with Crippen LogP contribution in [0, 0.1) is 28.1 Å². The fourth-order valence-corrected chi connectivity index (χ4v) is 8.22. The third-order valence-electron chi connectivity index (χ3n) is 8.69. The van der Waals surface area contributed by atoms with Crippen molar-refractivity contribution in [2.24, 2.45) is 28.1 Å². The van der Waals surface area contributed by atoms with Crippen LogP contribution in [0.2, 0.25) is 0 Å². The number of hydrogen-bond donors (Lipinski definition) is 1. The Balaban J connectivity index is 1.71. The molecule has 7 nitrogen and oxygen atoms in total. The smallest absolute Gasteiger partial charge is 0.340 e. The van der Waals surface area contributed by atoms with Crippen LogP contribution in [0.4, 0.5) is 0 Å². The van der Waals surface area contributed by atoms with Gasteiger partial charge in [-0.15, -0.1) is 0 Å². The Bertz CT molecular complexity index is 788. The number of ether oxygens (including phenoxy) is 4. The highest BCUT2D eigenvalue weighted by Crippen LogP contribution is 2.85. The van der Waals surface area contributed by atoms with Gasteiger partial charge in [-0.1, -0.05) is 27.7 Å². The summed E-state index contributed by atoms with van der Waals surface area (Å²) >= 11 is 0. The fourth-order valence-electron chi connectivity index (χ4n) is 8.22. The summed E-state index contributed by atoms with van der Waals surface area (Å²) in [5.74, 6) is -2.25. The van der Waals surface area contributed by atoms with Gasteiger partial charge >= 0.3 is 11.9 Å². The predicted octanol–water partition coefficient (Wildman–Crippen LogP) is 1.16. The lowest BCUT2D eigenvalue weighted by atomic mass is 9.52. The minimum atomic E-state index is -1.32. The third kappa shape index (κ3) is 1.25. The van der Waals surface area contributed by atoms with Gasteiger partial charge in [0, 0.05) is 11.3 Å². The van der Waals surface area contributed by atoms with Crippen LogP contribution in [0.15, 0.2) is 0 Å². The van der Waals surface area contributed by atoms with Crippen molar-refractivity contribution in [1.29, 1.82) is 0 Å². The molecule has 6 unspecified atom stereocenters. The van der Waals surface area contributed by atoms with Crippen molar-refractivity contribution in [3.8, 4) is 0 Å². The van der Waals surface area contributed by atoms with E-state index < -0.39 is 51.9 Å². The van der Waals surface area contributed by atoms with Gasteiger partial charge in [0.05, 0.1) is 36.1 Å². The number of aliphatic hydroxyl groups is 1. The summed E-state index contributed by atoms with van der Waals surface area (Å²) in [6.45, 7) is 8.44. The first-order valence-corrected chi connectivity index (χ1v) is 10.0. The highest BCUT2D eigenvalue weighted by Gasteiger charge is 3.00. The Morgan fingerprint density at radius 2 is 1.96 bits per heavy atom. The summed E-state index contributed by atoms with van der Waals surface area (Å²) in [5.41, 5.74) is -3.67.